The van der Waals surface area contributed by atoms with Crippen LogP contribution in [0.2, 0.25) is 0 Å². The van der Waals surface area contributed by atoms with E-state index >= 15 is 0 Å². The Morgan fingerprint density at radius 2 is 2.42 bits per heavy atom. The number of nitrogens with one attached hydrogen (secondary N) is 1. The Hall–Kier alpha value is -1.02. The summed E-state index contributed by atoms with van der Waals surface area (Å²) in [5.41, 5.74) is 1.24. The van der Waals surface area contributed by atoms with Gasteiger partial charge in [-0.25, -0.2) is 0 Å². The van der Waals surface area contributed by atoms with E-state index in [0.717, 1.165) is 0 Å². The Labute approximate surface area is 76.4 Å². The summed E-state index contributed by atoms with van der Waals surface area (Å²) in [5, 5.41) is 5.50. The molecular weight excluding hydrogens is 166 g/mol. The standard InChI is InChI=1S/C10H11NS/c1-8-4-2-5-9(11-8)10-6-3-7-12-10/h2-8,11H,1H3. The van der Waals surface area contributed by atoms with E-state index in [1.807, 2.05) is 0 Å². The molecule has 0 fully saturated rings. The molecule has 0 radical (unpaired) electrons. The Balaban J connectivity index is 2.26. The molecule has 62 valence electrons. The third kappa shape index (κ3) is 1.43. The molecule has 12 heavy (non-hydrogen) atoms. The van der Waals surface area contributed by atoms with Gasteiger partial charge >= 0.3 is 0 Å². The van der Waals surface area contributed by atoms with Crippen LogP contribution in [0, 0.1) is 0 Å². The number of allylic oxidation sites excluding steroid dienone is 2. The monoisotopic (exact) mass is 177 g/mol. The molecule has 0 saturated carbocycles. The van der Waals surface area contributed by atoms with Crippen LogP contribution < -0.4 is 5.32 Å². The van der Waals surface area contributed by atoms with Crippen molar-refractivity contribution in [1.82, 2.24) is 5.32 Å². The Kier molecular flexibility index (Phi) is 2.00. The molecule has 0 saturated heterocycles. The Bertz CT molecular complexity index is 309. The van der Waals surface area contributed by atoms with E-state index in [4.69, 9.17) is 0 Å². The molecule has 1 atom stereocenters. The minimum Gasteiger partial charge on any atom is -0.378 e. The van der Waals surface area contributed by atoms with Crippen molar-refractivity contribution in [2.45, 2.75) is 13.0 Å². The van der Waals surface area contributed by atoms with Crippen molar-refractivity contribution in [2.75, 3.05) is 0 Å². The molecule has 0 spiro atoms. The molecule has 1 aliphatic rings. The predicted octanol–water partition coefficient (Wildman–Crippen LogP) is 2.64. The molecule has 1 aromatic rings. The van der Waals surface area contributed by atoms with Crippen molar-refractivity contribution < 1.29 is 0 Å². The van der Waals surface area contributed by atoms with Crippen LogP contribution in [0.25, 0.3) is 5.70 Å². The van der Waals surface area contributed by atoms with E-state index < -0.39 is 0 Å². The summed E-state index contributed by atoms with van der Waals surface area (Å²) >= 11 is 1.77. The SMILES string of the molecule is CC1C=CC=C(c2cccs2)N1. The van der Waals surface area contributed by atoms with Gasteiger partial charge in [-0.2, -0.15) is 0 Å². The molecule has 1 aliphatic heterocycles. The van der Waals surface area contributed by atoms with Gasteiger partial charge in [0.05, 0.1) is 10.6 Å². The normalized spacial score (nSPS) is 21.8. The molecule has 2 rings (SSSR count). The highest BCUT2D eigenvalue weighted by Gasteiger charge is 2.06. The fraction of sp³-hybridized carbons (Fsp3) is 0.200. The van der Waals surface area contributed by atoms with Crippen LogP contribution in [0.3, 0.4) is 0 Å². The van der Waals surface area contributed by atoms with E-state index in [2.05, 4.69) is 48.0 Å². The van der Waals surface area contributed by atoms with E-state index in [-0.39, 0.29) is 0 Å². The minimum atomic E-state index is 0.451. The first kappa shape index (κ1) is 7.62. The number of rotatable bonds is 1. The first-order valence-corrected chi connectivity index (χ1v) is 4.93. The fourth-order valence-corrected chi connectivity index (χ4v) is 1.96. The average molecular weight is 177 g/mol. The lowest BCUT2D eigenvalue weighted by Gasteiger charge is -2.16. The summed E-state index contributed by atoms with van der Waals surface area (Å²) in [5.74, 6) is 0. The first-order valence-electron chi connectivity index (χ1n) is 4.05. The maximum absolute atomic E-state index is 3.40. The van der Waals surface area contributed by atoms with E-state index in [9.17, 15) is 0 Å². The smallest absolute Gasteiger partial charge is 0.0519 e. The maximum Gasteiger partial charge on any atom is 0.0519 e. The zero-order valence-electron chi connectivity index (χ0n) is 6.95. The van der Waals surface area contributed by atoms with Gasteiger partial charge in [-0.05, 0) is 24.4 Å². The van der Waals surface area contributed by atoms with Crippen molar-refractivity contribution in [2.24, 2.45) is 0 Å². The van der Waals surface area contributed by atoms with E-state index in [1.165, 1.54) is 10.6 Å². The maximum atomic E-state index is 3.40. The second kappa shape index (κ2) is 3.15. The second-order valence-electron chi connectivity index (χ2n) is 2.88. The molecule has 0 aromatic carbocycles. The van der Waals surface area contributed by atoms with Gasteiger partial charge in [0.25, 0.3) is 0 Å². The lowest BCUT2D eigenvalue weighted by atomic mass is 10.2. The van der Waals surface area contributed by atoms with Gasteiger partial charge in [0.2, 0.25) is 0 Å². The highest BCUT2D eigenvalue weighted by molar-refractivity contribution is 7.11. The number of hydrogen-bond acceptors (Lipinski definition) is 2. The van der Waals surface area contributed by atoms with Crippen LogP contribution in [-0.2, 0) is 0 Å². The quantitative estimate of drug-likeness (QED) is 0.695. The van der Waals surface area contributed by atoms with Gasteiger partial charge in [-0.3, -0.25) is 0 Å². The van der Waals surface area contributed by atoms with Crippen molar-refractivity contribution in [3.63, 3.8) is 0 Å². The Morgan fingerprint density at radius 3 is 3.08 bits per heavy atom. The van der Waals surface area contributed by atoms with Crippen LogP contribution in [0.15, 0.2) is 35.7 Å². The zero-order valence-corrected chi connectivity index (χ0v) is 7.77. The lowest BCUT2D eigenvalue weighted by molar-refractivity contribution is 0.780. The van der Waals surface area contributed by atoms with Crippen molar-refractivity contribution in [3.05, 3.63) is 40.6 Å². The topological polar surface area (TPSA) is 12.0 Å². The van der Waals surface area contributed by atoms with Crippen LogP contribution in [-0.4, -0.2) is 6.04 Å². The summed E-state index contributed by atoms with van der Waals surface area (Å²) in [6.07, 6.45) is 6.37. The van der Waals surface area contributed by atoms with Gasteiger partial charge < -0.3 is 5.32 Å². The number of thiophene rings is 1. The molecule has 0 bridgehead atoms. The molecule has 1 N–H and O–H groups in total. The van der Waals surface area contributed by atoms with Gasteiger partial charge in [0.1, 0.15) is 0 Å². The summed E-state index contributed by atoms with van der Waals surface area (Å²) in [6.45, 7) is 2.15. The molecule has 2 heteroatoms. The fourth-order valence-electron chi connectivity index (χ4n) is 1.25. The highest BCUT2D eigenvalue weighted by Crippen LogP contribution is 2.20. The second-order valence-corrected chi connectivity index (χ2v) is 3.82. The van der Waals surface area contributed by atoms with Crippen LogP contribution in [0.1, 0.15) is 11.8 Å². The van der Waals surface area contributed by atoms with Crippen molar-refractivity contribution >= 4 is 17.0 Å². The molecule has 1 nitrogen and oxygen atoms in total. The third-order valence-corrected chi connectivity index (χ3v) is 2.74. The van der Waals surface area contributed by atoms with E-state index in [1.54, 1.807) is 11.3 Å². The predicted molar refractivity (Wildman–Crippen MR) is 54.0 cm³/mol. The largest absolute Gasteiger partial charge is 0.378 e. The van der Waals surface area contributed by atoms with Crippen LogP contribution >= 0.6 is 11.3 Å². The van der Waals surface area contributed by atoms with Gasteiger partial charge in [0, 0.05) is 6.04 Å². The van der Waals surface area contributed by atoms with Crippen molar-refractivity contribution in [1.29, 1.82) is 0 Å². The Morgan fingerprint density at radius 1 is 1.50 bits per heavy atom. The number of hydrogen-bond donors (Lipinski definition) is 1. The van der Waals surface area contributed by atoms with Crippen LogP contribution in [0.4, 0.5) is 0 Å². The van der Waals surface area contributed by atoms with E-state index in [0.29, 0.717) is 6.04 Å². The lowest BCUT2D eigenvalue weighted by Crippen LogP contribution is -2.23. The molecular formula is C10H11NS. The third-order valence-electron chi connectivity index (χ3n) is 1.83. The first-order chi connectivity index (χ1) is 5.86. The minimum absolute atomic E-state index is 0.451. The molecule has 1 unspecified atom stereocenters. The van der Waals surface area contributed by atoms with Gasteiger partial charge in [-0.15, -0.1) is 11.3 Å². The van der Waals surface area contributed by atoms with Crippen molar-refractivity contribution in [3.8, 4) is 0 Å². The summed E-state index contributed by atoms with van der Waals surface area (Å²) in [4.78, 5) is 1.31. The zero-order chi connectivity index (χ0) is 8.39. The molecule has 2 heterocycles. The molecule has 0 aliphatic carbocycles. The summed E-state index contributed by atoms with van der Waals surface area (Å²) < 4.78 is 0. The average Bonchev–Trinajstić information content (AvgIpc) is 2.56. The van der Waals surface area contributed by atoms with Crippen LogP contribution in [0.5, 0.6) is 0 Å². The summed E-state index contributed by atoms with van der Waals surface area (Å²) in [7, 11) is 0. The summed E-state index contributed by atoms with van der Waals surface area (Å²) in [6, 6.07) is 4.66. The number of dihydropyridines is 1. The molecule has 1 aromatic heterocycles. The van der Waals surface area contributed by atoms with Gasteiger partial charge in [-0.1, -0.05) is 18.2 Å². The highest BCUT2D eigenvalue weighted by atomic mass is 32.1. The molecule has 0 amide bonds. The van der Waals surface area contributed by atoms with Gasteiger partial charge in [0.15, 0.2) is 0 Å².